The molecule has 0 amide bonds. The predicted octanol–water partition coefficient (Wildman–Crippen LogP) is 4.19. The molecule has 3 aromatic rings. The highest BCUT2D eigenvalue weighted by Gasteiger charge is 2.38. The van der Waals surface area contributed by atoms with Crippen molar-refractivity contribution in [2.75, 3.05) is 7.11 Å². The summed E-state index contributed by atoms with van der Waals surface area (Å²) in [7, 11) is 1.42. The molecule has 2 heterocycles. The van der Waals surface area contributed by atoms with Gasteiger partial charge in [-0.25, -0.2) is 13.8 Å². The molecule has 0 atom stereocenters. The minimum atomic E-state index is -4.87. The third-order valence-electron chi connectivity index (χ3n) is 3.51. The number of methoxy groups -OCH3 is 1. The van der Waals surface area contributed by atoms with E-state index in [-0.39, 0.29) is 16.7 Å². The minimum absolute atomic E-state index is 0.0653. The van der Waals surface area contributed by atoms with E-state index in [1.165, 1.54) is 31.5 Å². The van der Waals surface area contributed by atoms with Crippen LogP contribution in [0.5, 0.6) is 5.75 Å². The van der Waals surface area contributed by atoms with E-state index in [1.807, 2.05) is 0 Å². The van der Waals surface area contributed by atoms with Gasteiger partial charge in [-0.05, 0) is 18.2 Å². The van der Waals surface area contributed by atoms with E-state index in [2.05, 4.69) is 16.0 Å². The maximum Gasteiger partial charge on any atom is 0.449 e. The quantitative estimate of drug-likeness (QED) is 0.658. The Morgan fingerprint density at radius 2 is 2.04 bits per heavy atom. The standard InChI is InChI=1S/C16H11F5N3O/c1-25-10-4-2-3-9(7-10)13-14-11(5-6-22-13)24(8-12(17)18)15(23-14)16(19,20)21/h2-3,5-7,12H,8H2,1H3. The first-order valence-electron chi connectivity index (χ1n) is 7.08. The number of alkyl halides is 5. The smallest absolute Gasteiger partial charge is 0.449 e. The summed E-state index contributed by atoms with van der Waals surface area (Å²) in [6, 6.07) is 8.65. The molecule has 0 aliphatic rings. The van der Waals surface area contributed by atoms with E-state index < -0.39 is 25.0 Å². The number of halogens is 5. The first-order valence-corrected chi connectivity index (χ1v) is 7.08. The van der Waals surface area contributed by atoms with Gasteiger partial charge in [0.2, 0.25) is 5.82 Å². The first kappa shape index (κ1) is 17.1. The van der Waals surface area contributed by atoms with Crippen molar-refractivity contribution in [2.45, 2.75) is 19.1 Å². The number of hydrogen-bond donors (Lipinski definition) is 0. The maximum absolute atomic E-state index is 13.2. The average molecular weight is 356 g/mol. The largest absolute Gasteiger partial charge is 0.496 e. The molecule has 0 aliphatic heterocycles. The summed E-state index contributed by atoms with van der Waals surface area (Å²) < 4.78 is 70.7. The fourth-order valence-electron chi connectivity index (χ4n) is 2.51. The van der Waals surface area contributed by atoms with Gasteiger partial charge < -0.3 is 9.30 Å². The zero-order chi connectivity index (χ0) is 18.2. The van der Waals surface area contributed by atoms with Crippen LogP contribution >= 0.6 is 0 Å². The lowest BCUT2D eigenvalue weighted by Gasteiger charge is -2.10. The molecule has 25 heavy (non-hydrogen) atoms. The first-order chi connectivity index (χ1) is 11.8. The van der Waals surface area contributed by atoms with Crippen molar-refractivity contribution >= 4 is 11.0 Å². The number of pyridine rings is 1. The van der Waals surface area contributed by atoms with Gasteiger partial charge in [-0.3, -0.25) is 4.98 Å². The molecule has 4 nitrogen and oxygen atoms in total. The molecule has 131 valence electrons. The van der Waals surface area contributed by atoms with Crippen LogP contribution in [0.2, 0.25) is 0 Å². The summed E-state index contributed by atoms with van der Waals surface area (Å²) >= 11 is 0. The summed E-state index contributed by atoms with van der Waals surface area (Å²) in [6.07, 6.45) is -6.57. The third kappa shape index (κ3) is 3.26. The average Bonchev–Trinajstić information content (AvgIpc) is 2.93. The van der Waals surface area contributed by atoms with Crippen LogP contribution in [0.4, 0.5) is 22.0 Å². The normalized spacial score (nSPS) is 12.1. The predicted molar refractivity (Wildman–Crippen MR) is 79.4 cm³/mol. The van der Waals surface area contributed by atoms with E-state index in [0.29, 0.717) is 15.9 Å². The van der Waals surface area contributed by atoms with Gasteiger partial charge in [0.25, 0.3) is 6.43 Å². The summed E-state index contributed by atoms with van der Waals surface area (Å²) in [5.74, 6) is -1.02. The number of hydrogen-bond acceptors (Lipinski definition) is 3. The van der Waals surface area contributed by atoms with E-state index >= 15 is 0 Å². The van der Waals surface area contributed by atoms with Gasteiger partial charge in [0, 0.05) is 17.8 Å². The molecule has 9 heteroatoms. The summed E-state index contributed by atoms with van der Waals surface area (Å²) in [5, 5.41) is 0. The number of aromatic nitrogens is 3. The molecule has 2 aromatic heterocycles. The van der Waals surface area contributed by atoms with Crippen LogP contribution in [0.25, 0.3) is 22.3 Å². The van der Waals surface area contributed by atoms with Crippen molar-refractivity contribution in [2.24, 2.45) is 0 Å². The van der Waals surface area contributed by atoms with Gasteiger partial charge in [0.05, 0.1) is 24.9 Å². The van der Waals surface area contributed by atoms with Crippen molar-refractivity contribution in [3.05, 3.63) is 42.4 Å². The summed E-state index contributed by atoms with van der Waals surface area (Å²) in [6.45, 7) is -1.11. The molecule has 0 aliphatic carbocycles. The van der Waals surface area contributed by atoms with Crippen LogP contribution in [0.15, 0.2) is 30.5 Å². The second kappa shape index (κ2) is 6.30. The van der Waals surface area contributed by atoms with Gasteiger partial charge in [0.1, 0.15) is 11.3 Å². The second-order valence-corrected chi connectivity index (χ2v) is 5.11. The Kier molecular flexibility index (Phi) is 4.32. The van der Waals surface area contributed by atoms with Crippen LogP contribution in [-0.2, 0) is 12.7 Å². The minimum Gasteiger partial charge on any atom is -0.496 e. The molecule has 0 N–H and O–H groups in total. The number of ether oxygens (including phenoxy) is 1. The van der Waals surface area contributed by atoms with Crippen LogP contribution in [0, 0.1) is 6.07 Å². The summed E-state index contributed by atoms with van der Waals surface area (Å²) in [4.78, 5) is 7.63. The highest BCUT2D eigenvalue weighted by Crippen LogP contribution is 2.35. The van der Waals surface area contributed by atoms with Crippen molar-refractivity contribution in [3.63, 3.8) is 0 Å². The van der Waals surface area contributed by atoms with Crippen LogP contribution < -0.4 is 4.74 Å². The highest BCUT2D eigenvalue weighted by atomic mass is 19.4. The Bertz CT molecular complexity index is 904. The monoisotopic (exact) mass is 356 g/mol. The number of rotatable bonds is 4. The van der Waals surface area contributed by atoms with E-state index in [0.717, 1.165) is 0 Å². The van der Waals surface area contributed by atoms with Gasteiger partial charge in [-0.2, -0.15) is 13.2 Å². The zero-order valence-electron chi connectivity index (χ0n) is 12.8. The van der Waals surface area contributed by atoms with Crippen molar-refractivity contribution in [3.8, 4) is 17.0 Å². The topological polar surface area (TPSA) is 39.9 Å². The van der Waals surface area contributed by atoms with Crippen LogP contribution in [0.1, 0.15) is 5.82 Å². The number of benzene rings is 1. The Morgan fingerprint density at radius 1 is 1.28 bits per heavy atom. The van der Waals surface area contributed by atoms with Gasteiger partial charge in [-0.1, -0.05) is 6.07 Å². The SMILES string of the molecule is COc1[c]ccc(-c2nccc3c2nc(C(F)(F)F)n3CC(F)F)c1. The molecule has 1 radical (unpaired) electrons. The Labute approximate surface area is 138 Å². The number of imidazole rings is 1. The molecular formula is C16H11F5N3O. The molecule has 0 bridgehead atoms. The second-order valence-electron chi connectivity index (χ2n) is 5.11. The fourth-order valence-corrected chi connectivity index (χ4v) is 2.51. The Morgan fingerprint density at radius 3 is 2.68 bits per heavy atom. The molecule has 0 saturated carbocycles. The van der Waals surface area contributed by atoms with Crippen molar-refractivity contribution in [1.29, 1.82) is 0 Å². The lowest BCUT2D eigenvalue weighted by molar-refractivity contribution is -0.147. The van der Waals surface area contributed by atoms with Gasteiger partial charge in [-0.15, -0.1) is 0 Å². The number of fused-ring (bicyclic) bond motifs is 1. The molecule has 0 unspecified atom stereocenters. The maximum atomic E-state index is 13.2. The third-order valence-corrected chi connectivity index (χ3v) is 3.51. The zero-order valence-corrected chi connectivity index (χ0v) is 12.8. The van der Waals surface area contributed by atoms with Gasteiger partial charge in [0.15, 0.2) is 0 Å². The van der Waals surface area contributed by atoms with E-state index in [9.17, 15) is 22.0 Å². The van der Waals surface area contributed by atoms with Crippen molar-refractivity contribution in [1.82, 2.24) is 14.5 Å². The highest BCUT2D eigenvalue weighted by molar-refractivity contribution is 5.90. The fraction of sp³-hybridized carbons (Fsp3) is 0.250. The molecule has 0 spiro atoms. The van der Waals surface area contributed by atoms with Crippen LogP contribution in [0.3, 0.4) is 0 Å². The summed E-state index contributed by atoms with van der Waals surface area (Å²) in [5.41, 5.74) is 0.410. The number of nitrogens with zero attached hydrogens (tertiary/aromatic N) is 3. The van der Waals surface area contributed by atoms with Gasteiger partial charge >= 0.3 is 6.18 Å². The lowest BCUT2D eigenvalue weighted by atomic mass is 10.1. The van der Waals surface area contributed by atoms with Crippen LogP contribution in [-0.4, -0.2) is 28.1 Å². The molecule has 1 aromatic carbocycles. The lowest BCUT2D eigenvalue weighted by Crippen LogP contribution is -2.17. The van der Waals surface area contributed by atoms with E-state index in [1.54, 1.807) is 6.07 Å². The molecule has 0 fully saturated rings. The molecular weight excluding hydrogens is 345 g/mol. The Balaban J connectivity index is 2.27. The van der Waals surface area contributed by atoms with E-state index in [4.69, 9.17) is 4.74 Å². The Hall–Kier alpha value is -2.71. The molecule has 3 rings (SSSR count). The molecule has 0 saturated heterocycles. The van der Waals surface area contributed by atoms with Crippen molar-refractivity contribution < 1.29 is 26.7 Å².